The molecule has 0 unspecified atom stereocenters. The lowest BCUT2D eigenvalue weighted by molar-refractivity contribution is -0.117. The van der Waals surface area contributed by atoms with Crippen molar-refractivity contribution in [3.63, 3.8) is 0 Å². The van der Waals surface area contributed by atoms with Crippen LogP contribution in [0.15, 0.2) is 79.6 Å². The minimum atomic E-state index is -0.442. The standard InChI is InChI=1S/C21H14Br2N2O2/c22-16-6-8-19(23)18(11-16)20-9-7-17(27-20)10-15(12-24)21(26)25-13-14-4-2-1-3-5-14/h1-11H,13H2,(H,25,26)/b15-10+. The first kappa shape index (κ1) is 19.2. The molecule has 0 radical (unpaired) electrons. The maximum Gasteiger partial charge on any atom is 0.262 e. The minimum Gasteiger partial charge on any atom is -0.457 e. The molecule has 27 heavy (non-hydrogen) atoms. The molecule has 2 aromatic carbocycles. The van der Waals surface area contributed by atoms with Crippen molar-refractivity contribution in [1.29, 1.82) is 5.26 Å². The molecule has 3 rings (SSSR count). The molecule has 134 valence electrons. The SMILES string of the molecule is N#C/C(=C\c1ccc(-c2cc(Br)ccc2Br)o1)C(=O)NCc1ccccc1. The van der Waals surface area contributed by atoms with Gasteiger partial charge in [-0.15, -0.1) is 0 Å². The zero-order valence-corrected chi connectivity index (χ0v) is 17.2. The molecule has 6 heteroatoms. The number of halogens is 2. The summed E-state index contributed by atoms with van der Waals surface area (Å²) in [7, 11) is 0. The summed E-state index contributed by atoms with van der Waals surface area (Å²) in [5.41, 5.74) is 1.82. The van der Waals surface area contributed by atoms with Crippen LogP contribution in [0.3, 0.4) is 0 Å². The Morgan fingerprint density at radius 2 is 1.89 bits per heavy atom. The van der Waals surface area contributed by atoms with Crippen LogP contribution in [0.5, 0.6) is 0 Å². The molecule has 0 aliphatic carbocycles. The molecule has 0 atom stereocenters. The number of nitrogens with zero attached hydrogens (tertiary/aromatic N) is 1. The van der Waals surface area contributed by atoms with E-state index in [-0.39, 0.29) is 5.57 Å². The van der Waals surface area contributed by atoms with Crippen molar-refractivity contribution >= 4 is 43.8 Å². The van der Waals surface area contributed by atoms with Crippen molar-refractivity contribution in [1.82, 2.24) is 5.32 Å². The van der Waals surface area contributed by atoms with E-state index in [1.807, 2.05) is 54.6 Å². The molecule has 1 amide bonds. The number of carbonyl (C=O) groups excluding carboxylic acids is 1. The molecule has 3 aromatic rings. The molecule has 0 spiro atoms. The molecule has 0 bridgehead atoms. The van der Waals surface area contributed by atoms with Gasteiger partial charge in [-0.1, -0.05) is 62.2 Å². The number of carbonyl (C=O) groups is 1. The first-order valence-corrected chi connectivity index (χ1v) is 9.64. The summed E-state index contributed by atoms with van der Waals surface area (Å²) in [4.78, 5) is 12.3. The van der Waals surface area contributed by atoms with E-state index < -0.39 is 5.91 Å². The summed E-state index contributed by atoms with van der Waals surface area (Å²) in [5.74, 6) is 0.627. The molecule has 0 aliphatic rings. The summed E-state index contributed by atoms with van der Waals surface area (Å²) in [6, 6.07) is 20.7. The van der Waals surface area contributed by atoms with Gasteiger partial charge in [-0.05, 0) is 35.9 Å². The predicted octanol–water partition coefficient (Wildman–Crippen LogP) is 5.69. The third-order valence-electron chi connectivity index (χ3n) is 3.77. The Balaban J connectivity index is 1.76. The number of hydrogen-bond acceptors (Lipinski definition) is 3. The topological polar surface area (TPSA) is 66.0 Å². The number of benzene rings is 2. The summed E-state index contributed by atoms with van der Waals surface area (Å²) >= 11 is 6.93. The quantitative estimate of drug-likeness (QED) is 0.372. The van der Waals surface area contributed by atoms with Gasteiger partial charge in [-0.3, -0.25) is 4.79 Å². The third kappa shape index (κ3) is 4.97. The molecule has 4 nitrogen and oxygen atoms in total. The average molecular weight is 486 g/mol. The smallest absolute Gasteiger partial charge is 0.262 e. The van der Waals surface area contributed by atoms with Gasteiger partial charge in [-0.25, -0.2) is 0 Å². The zero-order valence-electron chi connectivity index (χ0n) is 14.1. The summed E-state index contributed by atoms with van der Waals surface area (Å²) in [5, 5.41) is 12.1. The van der Waals surface area contributed by atoms with E-state index in [1.54, 1.807) is 12.1 Å². The van der Waals surface area contributed by atoms with Crippen LogP contribution in [0.1, 0.15) is 11.3 Å². The lowest BCUT2D eigenvalue weighted by Gasteiger charge is -2.04. The van der Waals surface area contributed by atoms with Crippen molar-refractivity contribution in [3.8, 4) is 17.4 Å². The van der Waals surface area contributed by atoms with Crippen molar-refractivity contribution in [2.75, 3.05) is 0 Å². The maximum atomic E-state index is 12.3. The van der Waals surface area contributed by atoms with Gasteiger partial charge in [0.15, 0.2) is 0 Å². The second-order valence-corrected chi connectivity index (χ2v) is 7.43. The van der Waals surface area contributed by atoms with Crippen LogP contribution in [0.2, 0.25) is 0 Å². The molecular weight excluding hydrogens is 472 g/mol. The minimum absolute atomic E-state index is 0.0138. The van der Waals surface area contributed by atoms with E-state index >= 15 is 0 Å². The van der Waals surface area contributed by atoms with Crippen LogP contribution in [0.25, 0.3) is 17.4 Å². The van der Waals surface area contributed by atoms with Crippen LogP contribution in [0.4, 0.5) is 0 Å². The number of furan rings is 1. The third-order valence-corrected chi connectivity index (χ3v) is 4.95. The van der Waals surface area contributed by atoms with Gasteiger partial charge in [0, 0.05) is 27.1 Å². The van der Waals surface area contributed by atoms with Crippen LogP contribution >= 0.6 is 31.9 Å². The number of rotatable bonds is 5. The van der Waals surface area contributed by atoms with Crippen LogP contribution < -0.4 is 5.32 Å². The molecule has 1 aromatic heterocycles. The van der Waals surface area contributed by atoms with E-state index in [9.17, 15) is 10.1 Å². The Bertz CT molecular complexity index is 1030. The predicted molar refractivity (Wildman–Crippen MR) is 111 cm³/mol. The first-order valence-electron chi connectivity index (χ1n) is 8.06. The molecule has 0 aliphatic heterocycles. The molecule has 0 saturated carbocycles. The van der Waals surface area contributed by atoms with E-state index in [4.69, 9.17) is 4.42 Å². The fourth-order valence-corrected chi connectivity index (χ4v) is 3.23. The van der Waals surface area contributed by atoms with Gasteiger partial charge in [0.05, 0.1) is 0 Å². The zero-order chi connectivity index (χ0) is 19.2. The van der Waals surface area contributed by atoms with Crippen LogP contribution in [-0.4, -0.2) is 5.91 Å². The highest BCUT2D eigenvalue weighted by Gasteiger charge is 2.12. The van der Waals surface area contributed by atoms with Gasteiger partial charge in [0.25, 0.3) is 5.91 Å². The van der Waals surface area contributed by atoms with E-state index in [1.165, 1.54) is 6.08 Å². The van der Waals surface area contributed by atoms with Crippen molar-refractivity contribution in [2.24, 2.45) is 0 Å². The number of hydrogen-bond donors (Lipinski definition) is 1. The maximum absolute atomic E-state index is 12.3. The van der Waals surface area contributed by atoms with Gasteiger partial charge < -0.3 is 9.73 Å². The Labute approximate surface area is 173 Å². The van der Waals surface area contributed by atoms with E-state index in [0.717, 1.165) is 20.1 Å². The fraction of sp³-hybridized carbons (Fsp3) is 0.0476. The highest BCUT2D eigenvalue weighted by Crippen LogP contribution is 2.32. The highest BCUT2D eigenvalue weighted by atomic mass is 79.9. The number of nitriles is 1. The van der Waals surface area contributed by atoms with E-state index in [2.05, 4.69) is 37.2 Å². The second kappa shape index (κ2) is 8.85. The lowest BCUT2D eigenvalue weighted by Crippen LogP contribution is -2.23. The van der Waals surface area contributed by atoms with Crippen molar-refractivity contribution < 1.29 is 9.21 Å². The van der Waals surface area contributed by atoms with Crippen molar-refractivity contribution in [2.45, 2.75) is 6.54 Å². The molecule has 0 fully saturated rings. The Kier molecular flexibility index (Phi) is 6.28. The van der Waals surface area contributed by atoms with Gasteiger partial charge >= 0.3 is 0 Å². The Morgan fingerprint density at radius 3 is 2.63 bits per heavy atom. The molecule has 1 heterocycles. The normalized spacial score (nSPS) is 11.1. The number of nitrogens with one attached hydrogen (secondary N) is 1. The number of amides is 1. The summed E-state index contributed by atoms with van der Waals surface area (Å²) < 4.78 is 7.60. The van der Waals surface area contributed by atoms with Gasteiger partial charge in [-0.2, -0.15) is 5.26 Å². The Hall–Kier alpha value is -2.62. The molecular formula is C21H14Br2N2O2. The summed E-state index contributed by atoms with van der Waals surface area (Å²) in [6.45, 7) is 0.354. The average Bonchev–Trinajstić information content (AvgIpc) is 3.15. The highest BCUT2D eigenvalue weighted by molar-refractivity contribution is 9.11. The van der Waals surface area contributed by atoms with Crippen molar-refractivity contribution in [3.05, 3.63) is 86.5 Å². The van der Waals surface area contributed by atoms with Gasteiger partial charge in [0.2, 0.25) is 0 Å². The summed E-state index contributed by atoms with van der Waals surface area (Å²) in [6.07, 6.45) is 1.44. The van der Waals surface area contributed by atoms with Crippen LogP contribution in [0, 0.1) is 11.3 Å². The Morgan fingerprint density at radius 1 is 1.11 bits per heavy atom. The van der Waals surface area contributed by atoms with Crippen LogP contribution in [-0.2, 0) is 11.3 Å². The largest absolute Gasteiger partial charge is 0.457 e. The second-order valence-electron chi connectivity index (χ2n) is 5.66. The molecule has 0 saturated heterocycles. The van der Waals surface area contributed by atoms with E-state index in [0.29, 0.717) is 18.1 Å². The lowest BCUT2D eigenvalue weighted by atomic mass is 10.2. The van der Waals surface area contributed by atoms with Gasteiger partial charge in [0.1, 0.15) is 23.2 Å². The fourth-order valence-electron chi connectivity index (χ4n) is 2.43. The molecule has 1 N–H and O–H groups in total. The monoisotopic (exact) mass is 484 g/mol. The first-order chi connectivity index (χ1) is 13.1.